The first-order chi connectivity index (χ1) is 6.29. The van der Waals surface area contributed by atoms with Gasteiger partial charge in [-0.15, -0.1) is 0 Å². The zero-order valence-electron chi connectivity index (χ0n) is 7.80. The Kier molecular flexibility index (Phi) is 3.82. The van der Waals surface area contributed by atoms with Crippen molar-refractivity contribution in [3.05, 3.63) is 22.9 Å². The van der Waals surface area contributed by atoms with Gasteiger partial charge >= 0.3 is 5.69 Å². The summed E-state index contributed by atoms with van der Waals surface area (Å²) in [5.74, 6) is 0.932. The van der Waals surface area contributed by atoms with Crippen molar-refractivity contribution in [1.29, 1.82) is 0 Å². The summed E-state index contributed by atoms with van der Waals surface area (Å²) >= 11 is 1.71. The summed E-state index contributed by atoms with van der Waals surface area (Å²) in [6.07, 6.45) is 7.02. The molecule has 0 aliphatic carbocycles. The van der Waals surface area contributed by atoms with Crippen LogP contribution in [-0.4, -0.2) is 26.4 Å². The van der Waals surface area contributed by atoms with E-state index in [1.807, 2.05) is 13.2 Å². The van der Waals surface area contributed by atoms with Crippen molar-refractivity contribution in [3.63, 3.8) is 0 Å². The number of rotatable bonds is 4. The van der Waals surface area contributed by atoms with Crippen molar-refractivity contribution in [2.75, 3.05) is 12.0 Å². The first-order valence-corrected chi connectivity index (χ1v) is 5.44. The van der Waals surface area contributed by atoms with Crippen LogP contribution in [0.25, 0.3) is 6.20 Å². The van der Waals surface area contributed by atoms with E-state index in [4.69, 9.17) is 0 Å². The van der Waals surface area contributed by atoms with Crippen LogP contribution in [0.4, 0.5) is 0 Å². The van der Waals surface area contributed by atoms with E-state index in [2.05, 4.69) is 5.10 Å². The fraction of sp³-hybridized carbons (Fsp3) is 0.500. The van der Waals surface area contributed by atoms with Crippen LogP contribution in [0.3, 0.4) is 0 Å². The highest BCUT2D eigenvalue weighted by Crippen LogP contribution is 1.92. The first kappa shape index (κ1) is 10.1. The van der Waals surface area contributed by atoms with E-state index in [-0.39, 0.29) is 5.69 Å². The minimum Gasteiger partial charge on any atom is -0.280 e. The Morgan fingerprint density at radius 2 is 2.46 bits per heavy atom. The molecule has 0 fully saturated rings. The van der Waals surface area contributed by atoms with Crippen LogP contribution in [-0.2, 0) is 6.54 Å². The summed E-state index contributed by atoms with van der Waals surface area (Å²) in [7, 11) is 0. The van der Waals surface area contributed by atoms with Gasteiger partial charge in [-0.3, -0.25) is 4.57 Å². The third-order valence-electron chi connectivity index (χ3n) is 1.58. The molecular formula is C8H13N3OS. The molecule has 0 spiro atoms. The van der Waals surface area contributed by atoms with Crippen LogP contribution >= 0.6 is 11.8 Å². The lowest BCUT2D eigenvalue weighted by Gasteiger charge is -1.95. The molecule has 0 atom stereocenters. The molecule has 1 heterocycles. The fourth-order valence-corrected chi connectivity index (χ4v) is 1.31. The van der Waals surface area contributed by atoms with E-state index in [0.717, 1.165) is 12.3 Å². The van der Waals surface area contributed by atoms with Gasteiger partial charge in [0.1, 0.15) is 6.33 Å². The van der Waals surface area contributed by atoms with Gasteiger partial charge in [0.25, 0.3) is 0 Å². The largest absolute Gasteiger partial charge is 0.349 e. The van der Waals surface area contributed by atoms with E-state index in [1.165, 1.54) is 4.68 Å². The van der Waals surface area contributed by atoms with Crippen molar-refractivity contribution in [2.45, 2.75) is 13.5 Å². The smallest absolute Gasteiger partial charge is 0.280 e. The number of hydrogen-bond donors (Lipinski definition) is 0. The maximum absolute atomic E-state index is 11.5. The second kappa shape index (κ2) is 4.91. The molecule has 0 saturated carbocycles. The van der Waals surface area contributed by atoms with E-state index >= 15 is 0 Å². The van der Waals surface area contributed by atoms with Crippen LogP contribution in [0.1, 0.15) is 6.92 Å². The van der Waals surface area contributed by atoms with Crippen molar-refractivity contribution in [1.82, 2.24) is 14.3 Å². The molecule has 4 nitrogen and oxygen atoms in total. The van der Waals surface area contributed by atoms with Gasteiger partial charge in [-0.2, -0.15) is 21.5 Å². The summed E-state index contributed by atoms with van der Waals surface area (Å²) in [5.41, 5.74) is -0.0767. The Labute approximate surface area is 81.3 Å². The molecule has 5 heteroatoms. The van der Waals surface area contributed by atoms with Crippen LogP contribution < -0.4 is 5.69 Å². The number of nitrogens with zero attached hydrogens (tertiary/aromatic N) is 3. The highest BCUT2D eigenvalue weighted by Gasteiger charge is 2.00. The van der Waals surface area contributed by atoms with E-state index < -0.39 is 0 Å². The molecule has 0 radical (unpaired) electrons. The molecule has 0 aliphatic heterocycles. The lowest BCUT2D eigenvalue weighted by Crippen LogP contribution is -2.22. The minimum absolute atomic E-state index is 0.0767. The molecule has 0 N–H and O–H groups in total. The third-order valence-corrected chi connectivity index (χ3v) is 2.17. The van der Waals surface area contributed by atoms with Crippen molar-refractivity contribution < 1.29 is 0 Å². The molecule has 72 valence electrons. The molecule has 0 unspecified atom stereocenters. The lowest BCUT2D eigenvalue weighted by atomic mass is 10.7. The predicted octanol–water partition coefficient (Wildman–Crippen LogP) is 0.898. The Morgan fingerprint density at radius 3 is 3.08 bits per heavy atom. The zero-order valence-corrected chi connectivity index (χ0v) is 8.62. The molecule has 1 aromatic rings. The monoisotopic (exact) mass is 199 g/mol. The Balaban J connectivity index is 2.80. The average Bonchev–Trinajstić information content (AvgIpc) is 2.46. The molecule has 0 bridgehead atoms. The zero-order chi connectivity index (χ0) is 9.68. The number of allylic oxidation sites excluding steroid dienone is 1. The fourth-order valence-electron chi connectivity index (χ4n) is 0.935. The van der Waals surface area contributed by atoms with Gasteiger partial charge in [0.05, 0.1) is 0 Å². The molecule has 0 amide bonds. The number of thioether (sulfide) groups is 1. The van der Waals surface area contributed by atoms with Crippen LogP contribution in [0.2, 0.25) is 0 Å². The van der Waals surface area contributed by atoms with Gasteiger partial charge < -0.3 is 0 Å². The maximum atomic E-state index is 11.5. The van der Waals surface area contributed by atoms with Crippen molar-refractivity contribution in [2.24, 2.45) is 0 Å². The van der Waals surface area contributed by atoms with Gasteiger partial charge in [-0.05, 0) is 13.2 Å². The highest BCUT2D eigenvalue weighted by molar-refractivity contribution is 7.98. The van der Waals surface area contributed by atoms with Crippen LogP contribution in [0.5, 0.6) is 0 Å². The second-order valence-corrected chi connectivity index (χ2v) is 3.51. The first-order valence-electron chi connectivity index (χ1n) is 4.05. The highest BCUT2D eigenvalue weighted by atomic mass is 32.2. The van der Waals surface area contributed by atoms with Gasteiger partial charge in [0, 0.05) is 18.5 Å². The third kappa shape index (κ3) is 2.48. The molecule has 0 aliphatic rings. The Morgan fingerprint density at radius 1 is 1.69 bits per heavy atom. The molecule has 0 saturated heterocycles. The SMILES string of the molecule is C/C=C\n1ncn(CCSC)c1=O. The molecule has 1 rings (SSSR count). The van der Waals surface area contributed by atoms with Crippen molar-refractivity contribution >= 4 is 18.0 Å². The van der Waals surface area contributed by atoms with Crippen molar-refractivity contribution in [3.8, 4) is 0 Å². The van der Waals surface area contributed by atoms with Gasteiger partial charge in [-0.1, -0.05) is 6.08 Å². The van der Waals surface area contributed by atoms with Crippen LogP contribution in [0, 0.1) is 0 Å². The van der Waals surface area contributed by atoms with Gasteiger partial charge in [0.2, 0.25) is 0 Å². The molecule has 13 heavy (non-hydrogen) atoms. The topological polar surface area (TPSA) is 39.8 Å². The summed E-state index contributed by atoms with van der Waals surface area (Å²) in [6, 6.07) is 0. The second-order valence-electron chi connectivity index (χ2n) is 2.53. The standard InChI is InChI=1S/C8H13N3OS/c1-3-4-11-8(12)10(7-9-11)5-6-13-2/h3-4,7H,5-6H2,1-2H3/b4-3-. The summed E-state index contributed by atoms with van der Waals surface area (Å²) in [6.45, 7) is 2.57. The minimum atomic E-state index is -0.0767. The van der Waals surface area contributed by atoms with E-state index in [0.29, 0.717) is 0 Å². The molecule has 1 aromatic heterocycles. The lowest BCUT2D eigenvalue weighted by molar-refractivity contribution is 0.726. The quantitative estimate of drug-likeness (QED) is 0.723. The Hall–Kier alpha value is -0.970. The van der Waals surface area contributed by atoms with E-state index in [9.17, 15) is 4.79 Å². The molecular weight excluding hydrogens is 186 g/mol. The number of hydrogen-bond acceptors (Lipinski definition) is 3. The molecule has 0 aromatic carbocycles. The van der Waals surface area contributed by atoms with E-state index in [1.54, 1.807) is 34.9 Å². The normalized spacial score (nSPS) is 11.2. The average molecular weight is 199 g/mol. The van der Waals surface area contributed by atoms with Gasteiger partial charge in [-0.25, -0.2) is 4.79 Å². The number of aromatic nitrogens is 3. The Bertz CT molecular complexity index is 339. The number of aryl methyl sites for hydroxylation is 1. The summed E-state index contributed by atoms with van der Waals surface area (Å²) < 4.78 is 2.94. The predicted molar refractivity (Wildman–Crippen MR) is 55.9 cm³/mol. The maximum Gasteiger partial charge on any atom is 0.349 e. The van der Waals surface area contributed by atoms with Crippen LogP contribution in [0.15, 0.2) is 17.2 Å². The van der Waals surface area contributed by atoms with Gasteiger partial charge in [0.15, 0.2) is 0 Å². The summed E-state index contributed by atoms with van der Waals surface area (Å²) in [5, 5.41) is 3.93. The summed E-state index contributed by atoms with van der Waals surface area (Å²) in [4.78, 5) is 11.5.